The Kier molecular flexibility index (Phi) is 5.85. The van der Waals surface area contributed by atoms with Crippen molar-refractivity contribution in [3.8, 4) is 5.75 Å². The predicted molar refractivity (Wildman–Crippen MR) is 108 cm³/mol. The fourth-order valence-corrected chi connectivity index (χ4v) is 4.56. The van der Waals surface area contributed by atoms with Gasteiger partial charge in [0.2, 0.25) is 10.0 Å². The van der Waals surface area contributed by atoms with Crippen LogP contribution in [0.4, 0.5) is 11.6 Å². The number of carbonyl (C=O) groups is 1. The lowest BCUT2D eigenvalue weighted by atomic mass is 10.0. The van der Waals surface area contributed by atoms with Gasteiger partial charge < -0.3 is 15.8 Å². The Balaban J connectivity index is 1.95. The third kappa shape index (κ3) is 4.26. The molecule has 1 fully saturated rings. The van der Waals surface area contributed by atoms with Crippen LogP contribution in [0.3, 0.4) is 0 Å². The molecule has 0 saturated carbocycles. The Hall–Kier alpha value is -2.65. The van der Waals surface area contributed by atoms with Crippen molar-refractivity contribution in [3.63, 3.8) is 0 Å². The first-order valence-electron chi connectivity index (χ1n) is 8.96. The number of nitrogens with two attached hydrogens (primary N) is 1. The molecule has 150 valence electrons. The first-order valence-corrected chi connectivity index (χ1v) is 10.8. The molecular formula is C19H24N4O4S. The van der Waals surface area contributed by atoms with Gasteiger partial charge in [0.1, 0.15) is 17.4 Å². The maximum absolute atomic E-state index is 12.8. The average molecular weight is 404 g/mol. The summed E-state index contributed by atoms with van der Waals surface area (Å²) in [6.07, 6.45) is 2.51. The Morgan fingerprint density at radius 3 is 2.57 bits per heavy atom. The van der Waals surface area contributed by atoms with Gasteiger partial charge in [-0.1, -0.05) is 12.1 Å². The molecule has 0 amide bonds. The molecule has 1 aliphatic heterocycles. The lowest BCUT2D eigenvalue weighted by Crippen LogP contribution is -2.46. The van der Waals surface area contributed by atoms with E-state index in [2.05, 4.69) is 10.3 Å². The number of nitrogens with one attached hydrogen (secondary N) is 1. The molecule has 8 nitrogen and oxygen atoms in total. The van der Waals surface area contributed by atoms with Crippen LogP contribution in [0.5, 0.6) is 5.75 Å². The van der Waals surface area contributed by atoms with Crippen LogP contribution in [0, 0.1) is 0 Å². The Labute approximate surface area is 164 Å². The van der Waals surface area contributed by atoms with E-state index >= 15 is 0 Å². The second-order valence-electron chi connectivity index (χ2n) is 6.70. The second kappa shape index (κ2) is 8.15. The van der Waals surface area contributed by atoms with Crippen molar-refractivity contribution in [2.45, 2.75) is 18.9 Å². The normalized spacial score (nSPS) is 15.2. The van der Waals surface area contributed by atoms with E-state index in [1.807, 2.05) is 0 Å². The van der Waals surface area contributed by atoms with E-state index in [9.17, 15) is 13.2 Å². The molecular weight excluding hydrogens is 380 g/mol. The van der Waals surface area contributed by atoms with Gasteiger partial charge in [-0.2, -0.15) is 0 Å². The standard InChI is InChI=1S/C19H24N4O4S/c1-27-15-5-3-4-13(12-15)18(24)16-6-7-17(22-19(16)20)23(28(2,25)26)14-8-10-21-11-9-14/h3-7,12,14,21H,8-11H2,1-2H3,(H2,20,22). The number of nitrogens with zero attached hydrogens (tertiary/aromatic N) is 2. The third-order valence-electron chi connectivity index (χ3n) is 4.71. The zero-order valence-corrected chi connectivity index (χ0v) is 16.7. The molecule has 3 N–H and O–H groups in total. The minimum Gasteiger partial charge on any atom is -0.497 e. The van der Waals surface area contributed by atoms with E-state index in [-0.39, 0.29) is 29.0 Å². The van der Waals surface area contributed by atoms with Gasteiger partial charge in [0, 0.05) is 11.6 Å². The Bertz CT molecular complexity index is 972. The van der Waals surface area contributed by atoms with Crippen molar-refractivity contribution in [3.05, 3.63) is 47.5 Å². The summed E-state index contributed by atoms with van der Waals surface area (Å²) < 4.78 is 31.3. The molecule has 2 heterocycles. The summed E-state index contributed by atoms with van der Waals surface area (Å²) in [5, 5.41) is 3.21. The molecule has 0 aliphatic carbocycles. The van der Waals surface area contributed by atoms with Gasteiger partial charge >= 0.3 is 0 Å². The van der Waals surface area contributed by atoms with Gasteiger partial charge in [-0.3, -0.25) is 9.10 Å². The zero-order chi connectivity index (χ0) is 20.3. The number of ketones is 1. The van der Waals surface area contributed by atoms with Gasteiger partial charge in [-0.15, -0.1) is 0 Å². The monoisotopic (exact) mass is 404 g/mol. The summed E-state index contributed by atoms with van der Waals surface area (Å²) in [5.74, 6) is 0.480. The van der Waals surface area contributed by atoms with Crippen LogP contribution in [0.1, 0.15) is 28.8 Å². The van der Waals surface area contributed by atoms with E-state index in [1.165, 1.54) is 23.5 Å². The van der Waals surface area contributed by atoms with Crippen LogP contribution in [0.25, 0.3) is 0 Å². The highest BCUT2D eigenvalue weighted by molar-refractivity contribution is 7.92. The minimum atomic E-state index is -3.54. The number of pyridine rings is 1. The average Bonchev–Trinajstić information content (AvgIpc) is 2.67. The number of methoxy groups -OCH3 is 1. The quantitative estimate of drug-likeness (QED) is 0.700. The third-order valence-corrected chi connectivity index (χ3v) is 5.91. The summed E-state index contributed by atoms with van der Waals surface area (Å²) in [6.45, 7) is 1.47. The van der Waals surface area contributed by atoms with Crippen molar-refractivity contribution in [1.82, 2.24) is 10.3 Å². The first kappa shape index (κ1) is 20.1. The number of benzene rings is 1. The molecule has 0 atom stereocenters. The SMILES string of the molecule is COc1cccc(C(=O)c2ccc(N(C3CCNCC3)S(C)(=O)=O)nc2N)c1. The molecule has 2 aromatic rings. The number of ether oxygens (including phenoxy) is 1. The van der Waals surface area contributed by atoms with Gasteiger partial charge in [0.05, 0.1) is 18.9 Å². The number of aromatic nitrogens is 1. The first-order chi connectivity index (χ1) is 13.3. The molecule has 1 aromatic heterocycles. The van der Waals surface area contributed by atoms with Crippen LogP contribution in [-0.4, -0.2) is 51.7 Å². The highest BCUT2D eigenvalue weighted by Gasteiger charge is 2.30. The summed E-state index contributed by atoms with van der Waals surface area (Å²) in [4.78, 5) is 17.1. The van der Waals surface area contributed by atoms with Gasteiger partial charge in [0.25, 0.3) is 0 Å². The van der Waals surface area contributed by atoms with Crippen LogP contribution in [-0.2, 0) is 10.0 Å². The van der Waals surface area contributed by atoms with Crippen LogP contribution in [0.15, 0.2) is 36.4 Å². The summed E-state index contributed by atoms with van der Waals surface area (Å²) in [7, 11) is -2.02. The summed E-state index contributed by atoms with van der Waals surface area (Å²) >= 11 is 0. The number of nitrogen functional groups attached to an aromatic ring is 1. The molecule has 9 heteroatoms. The number of sulfonamides is 1. The maximum atomic E-state index is 12.8. The van der Waals surface area contributed by atoms with Crippen molar-refractivity contribution in [1.29, 1.82) is 0 Å². The van der Waals surface area contributed by atoms with E-state index in [0.717, 1.165) is 19.3 Å². The smallest absolute Gasteiger partial charge is 0.233 e. The predicted octanol–water partition coefficient (Wildman–Crippen LogP) is 1.42. The molecule has 1 aliphatic rings. The number of piperidine rings is 1. The van der Waals surface area contributed by atoms with E-state index < -0.39 is 10.0 Å². The summed E-state index contributed by atoms with van der Waals surface area (Å²) in [6, 6.07) is 9.61. The van der Waals surface area contributed by atoms with Gasteiger partial charge in [-0.05, 0) is 50.2 Å². The fraction of sp³-hybridized carbons (Fsp3) is 0.368. The number of hydrogen-bond acceptors (Lipinski definition) is 7. The maximum Gasteiger partial charge on any atom is 0.233 e. The molecule has 0 radical (unpaired) electrons. The largest absolute Gasteiger partial charge is 0.497 e. The van der Waals surface area contributed by atoms with Crippen molar-refractivity contribution < 1.29 is 17.9 Å². The molecule has 1 aromatic carbocycles. The molecule has 0 spiro atoms. The Morgan fingerprint density at radius 1 is 1.25 bits per heavy atom. The van der Waals surface area contributed by atoms with Crippen molar-refractivity contribution >= 4 is 27.4 Å². The topological polar surface area (TPSA) is 115 Å². The number of hydrogen-bond donors (Lipinski definition) is 2. The molecule has 3 rings (SSSR count). The van der Waals surface area contributed by atoms with Gasteiger partial charge in [0.15, 0.2) is 5.78 Å². The zero-order valence-electron chi connectivity index (χ0n) is 15.9. The van der Waals surface area contributed by atoms with Gasteiger partial charge in [-0.25, -0.2) is 13.4 Å². The second-order valence-corrected chi connectivity index (χ2v) is 8.56. The van der Waals surface area contributed by atoms with Crippen molar-refractivity contribution in [2.24, 2.45) is 0 Å². The molecule has 0 bridgehead atoms. The fourth-order valence-electron chi connectivity index (χ4n) is 3.37. The molecule has 1 saturated heterocycles. The highest BCUT2D eigenvalue weighted by atomic mass is 32.2. The van der Waals surface area contributed by atoms with Crippen LogP contribution < -0.4 is 20.1 Å². The minimum absolute atomic E-state index is 0.00657. The number of carbonyl (C=O) groups excluding carboxylic acids is 1. The molecule has 0 unspecified atom stereocenters. The van der Waals surface area contributed by atoms with Crippen molar-refractivity contribution in [2.75, 3.05) is 36.5 Å². The van der Waals surface area contributed by atoms with Crippen LogP contribution >= 0.6 is 0 Å². The lowest BCUT2D eigenvalue weighted by Gasteiger charge is -2.33. The van der Waals surface area contributed by atoms with E-state index in [4.69, 9.17) is 10.5 Å². The molecule has 28 heavy (non-hydrogen) atoms. The van der Waals surface area contributed by atoms with Crippen LogP contribution in [0.2, 0.25) is 0 Å². The number of rotatable bonds is 6. The number of anilines is 2. The summed E-state index contributed by atoms with van der Waals surface area (Å²) in [5.41, 5.74) is 6.68. The Morgan fingerprint density at radius 2 is 1.96 bits per heavy atom. The highest BCUT2D eigenvalue weighted by Crippen LogP contribution is 2.26. The lowest BCUT2D eigenvalue weighted by molar-refractivity contribution is 0.103. The van der Waals surface area contributed by atoms with E-state index in [1.54, 1.807) is 24.3 Å². The van der Waals surface area contributed by atoms with E-state index in [0.29, 0.717) is 24.2 Å².